The van der Waals surface area contributed by atoms with Crippen LogP contribution in [-0.2, 0) is 10.0 Å². The number of hydrogen-bond donors (Lipinski definition) is 2. The average molecular weight is 386 g/mol. The lowest BCUT2D eigenvalue weighted by atomic mass is 10.2. The van der Waals surface area contributed by atoms with Crippen molar-refractivity contribution < 1.29 is 13.2 Å². The van der Waals surface area contributed by atoms with E-state index in [0.717, 1.165) is 5.56 Å². The highest BCUT2D eigenvalue weighted by atomic mass is 32.2. The molecule has 0 saturated heterocycles. The maximum Gasteiger partial charge on any atom is 0.262 e. The number of carbonyl (C=O) groups excluding carboxylic acids is 1. The van der Waals surface area contributed by atoms with Crippen molar-refractivity contribution in [3.8, 4) is 0 Å². The first-order valence-electron chi connectivity index (χ1n) is 7.89. The first kappa shape index (κ1) is 18.2. The van der Waals surface area contributed by atoms with Gasteiger partial charge in [-0.15, -0.1) is 0 Å². The second-order valence-electron chi connectivity index (χ2n) is 5.92. The fraction of sp³-hybridized carbons (Fsp3) is 0.105. The Morgan fingerprint density at radius 1 is 1.00 bits per heavy atom. The largest absolute Gasteiger partial charge is 0.322 e. The Kier molecular flexibility index (Phi) is 5.11. The molecular weight excluding hydrogens is 368 g/mol. The Labute approximate surface area is 156 Å². The van der Waals surface area contributed by atoms with Gasteiger partial charge in [-0.2, -0.15) is 11.3 Å². The number of carbonyl (C=O) groups is 1. The minimum absolute atomic E-state index is 0.127. The molecule has 0 aliphatic carbocycles. The van der Waals surface area contributed by atoms with E-state index in [0.29, 0.717) is 22.5 Å². The smallest absolute Gasteiger partial charge is 0.262 e. The van der Waals surface area contributed by atoms with Crippen molar-refractivity contribution >= 4 is 38.6 Å². The second-order valence-corrected chi connectivity index (χ2v) is 8.35. The molecule has 0 unspecified atom stereocenters. The van der Waals surface area contributed by atoms with Gasteiger partial charge < -0.3 is 5.32 Å². The summed E-state index contributed by atoms with van der Waals surface area (Å²) in [5.74, 6) is -0.273. The highest BCUT2D eigenvalue weighted by molar-refractivity contribution is 7.92. The molecule has 0 fully saturated rings. The molecule has 0 saturated carbocycles. The van der Waals surface area contributed by atoms with Crippen LogP contribution in [0.4, 0.5) is 11.4 Å². The molecule has 0 radical (unpaired) electrons. The molecule has 0 aliphatic heterocycles. The fourth-order valence-corrected chi connectivity index (χ4v) is 4.44. The summed E-state index contributed by atoms with van der Waals surface area (Å²) in [6, 6.07) is 13.7. The SMILES string of the molecule is Cc1cccc(NS(=O)(=O)c2cc(NC(=O)c3ccsc3)ccc2C)c1. The van der Waals surface area contributed by atoms with Gasteiger partial charge in [0.1, 0.15) is 0 Å². The number of aryl methyl sites for hydroxylation is 2. The van der Waals surface area contributed by atoms with Crippen LogP contribution in [0.1, 0.15) is 21.5 Å². The molecule has 5 nitrogen and oxygen atoms in total. The summed E-state index contributed by atoms with van der Waals surface area (Å²) in [5.41, 5.74) is 3.02. The molecule has 7 heteroatoms. The van der Waals surface area contributed by atoms with Crippen LogP contribution in [0.2, 0.25) is 0 Å². The van der Waals surface area contributed by atoms with E-state index in [9.17, 15) is 13.2 Å². The zero-order valence-electron chi connectivity index (χ0n) is 14.3. The molecule has 2 N–H and O–H groups in total. The summed E-state index contributed by atoms with van der Waals surface area (Å²) in [7, 11) is -3.77. The Balaban J connectivity index is 1.88. The summed E-state index contributed by atoms with van der Waals surface area (Å²) in [6.07, 6.45) is 0. The fourth-order valence-electron chi connectivity index (χ4n) is 2.48. The van der Waals surface area contributed by atoms with Crippen LogP contribution in [0.5, 0.6) is 0 Å². The summed E-state index contributed by atoms with van der Waals surface area (Å²) in [6.45, 7) is 3.61. The average Bonchev–Trinajstić information content (AvgIpc) is 3.10. The summed E-state index contributed by atoms with van der Waals surface area (Å²) < 4.78 is 28.1. The van der Waals surface area contributed by atoms with Crippen molar-refractivity contribution in [2.45, 2.75) is 18.7 Å². The maximum atomic E-state index is 12.8. The van der Waals surface area contributed by atoms with Crippen LogP contribution in [0.15, 0.2) is 64.2 Å². The molecule has 0 spiro atoms. The van der Waals surface area contributed by atoms with E-state index in [2.05, 4.69) is 10.0 Å². The van der Waals surface area contributed by atoms with E-state index in [1.54, 1.807) is 48.7 Å². The van der Waals surface area contributed by atoms with Crippen molar-refractivity contribution in [1.29, 1.82) is 0 Å². The van der Waals surface area contributed by atoms with Gasteiger partial charge in [0.15, 0.2) is 0 Å². The standard InChI is InChI=1S/C19H18N2O3S2/c1-13-4-3-5-17(10-13)21-26(23,24)18-11-16(7-6-14(18)2)20-19(22)15-8-9-25-12-15/h3-12,21H,1-2H3,(H,20,22). The number of rotatable bonds is 5. The molecule has 26 heavy (non-hydrogen) atoms. The van der Waals surface area contributed by atoms with Crippen molar-refractivity contribution in [2.24, 2.45) is 0 Å². The van der Waals surface area contributed by atoms with Crippen LogP contribution >= 0.6 is 11.3 Å². The molecule has 3 aromatic rings. The normalized spacial score (nSPS) is 11.2. The van der Waals surface area contributed by atoms with E-state index >= 15 is 0 Å². The van der Waals surface area contributed by atoms with Crippen molar-refractivity contribution in [3.05, 3.63) is 76.0 Å². The molecule has 1 amide bonds. The first-order valence-corrected chi connectivity index (χ1v) is 10.3. The minimum Gasteiger partial charge on any atom is -0.322 e. The van der Waals surface area contributed by atoms with Crippen molar-refractivity contribution in [1.82, 2.24) is 0 Å². The van der Waals surface area contributed by atoms with Gasteiger partial charge in [0, 0.05) is 16.8 Å². The zero-order valence-corrected chi connectivity index (χ0v) is 15.9. The third-order valence-electron chi connectivity index (χ3n) is 3.79. The van der Waals surface area contributed by atoms with Gasteiger partial charge in [-0.1, -0.05) is 18.2 Å². The Morgan fingerprint density at radius 2 is 1.81 bits per heavy atom. The Bertz CT molecular complexity index is 1040. The topological polar surface area (TPSA) is 75.3 Å². The molecule has 0 atom stereocenters. The van der Waals surface area contributed by atoms with E-state index in [-0.39, 0.29) is 10.8 Å². The number of nitrogens with one attached hydrogen (secondary N) is 2. The lowest BCUT2D eigenvalue weighted by molar-refractivity contribution is 0.102. The van der Waals surface area contributed by atoms with Crippen molar-refractivity contribution in [2.75, 3.05) is 10.0 Å². The molecule has 3 rings (SSSR count). The summed E-state index contributed by atoms with van der Waals surface area (Å²) in [4.78, 5) is 12.3. The predicted molar refractivity (Wildman–Crippen MR) is 105 cm³/mol. The summed E-state index contributed by atoms with van der Waals surface area (Å²) >= 11 is 1.42. The third-order valence-corrected chi connectivity index (χ3v) is 6.00. The maximum absolute atomic E-state index is 12.8. The first-order chi connectivity index (χ1) is 12.3. The van der Waals surface area contributed by atoms with Gasteiger partial charge >= 0.3 is 0 Å². The van der Waals surface area contributed by atoms with Crippen LogP contribution in [0, 0.1) is 13.8 Å². The molecule has 2 aromatic carbocycles. The minimum atomic E-state index is -3.77. The van der Waals surface area contributed by atoms with Gasteiger partial charge in [0.2, 0.25) is 0 Å². The lowest BCUT2D eigenvalue weighted by Gasteiger charge is -2.13. The van der Waals surface area contributed by atoms with E-state index in [1.165, 1.54) is 17.4 Å². The Morgan fingerprint density at radius 3 is 2.50 bits per heavy atom. The lowest BCUT2D eigenvalue weighted by Crippen LogP contribution is -2.16. The van der Waals surface area contributed by atoms with Gasteiger partial charge in [-0.25, -0.2) is 8.42 Å². The second kappa shape index (κ2) is 7.31. The Hall–Kier alpha value is -2.64. The highest BCUT2D eigenvalue weighted by Crippen LogP contribution is 2.24. The van der Waals surface area contributed by atoms with E-state index in [4.69, 9.17) is 0 Å². The number of hydrogen-bond acceptors (Lipinski definition) is 4. The van der Waals surface area contributed by atoms with E-state index < -0.39 is 10.0 Å². The number of anilines is 2. The highest BCUT2D eigenvalue weighted by Gasteiger charge is 2.18. The molecular formula is C19H18N2O3S2. The molecule has 1 aromatic heterocycles. The third kappa shape index (κ3) is 4.12. The summed E-state index contributed by atoms with van der Waals surface area (Å²) in [5, 5.41) is 6.28. The predicted octanol–water partition coefficient (Wildman–Crippen LogP) is 4.42. The van der Waals surface area contributed by atoms with Crippen LogP contribution in [-0.4, -0.2) is 14.3 Å². The number of benzene rings is 2. The van der Waals surface area contributed by atoms with Gasteiger partial charge in [0.05, 0.1) is 10.5 Å². The monoisotopic (exact) mass is 386 g/mol. The van der Waals surface area contributed by atoms with Gasteiger partial charge in [-0.3, -0.25) is 9.52 Å². The quantitative estimate of drug-likeness (QED) is 0.682. The molecule has 0 bridgehead atoms. The van der Waals surface area contributed by atoms with Gasteiger partial charge in [0.25, 0.3) is 15.9 Å². The molecule has 1 heterocycles. The van der Waals surface area contributed by atoms with E-state index in [1.807, 2.05) is 18.4 Å². The zero-order chi connectivity index (χ0) is 18.7. The number of sulfonamides is 1. The molecule has 0 aliphatic rings. The van der Waals surface area contributed by atoms with Gasteiger partial charge in [-0.05, 0) is 60.7 Å². The van der Waals surface area contributed by atoms with Crippen LogP contribution in [0.3, 0.4) is 0 Å². The number of amides is 1. The molecule has 134 valence electrons. The van der Waals surface area contributed by atoms with Crippen LogP contribution < -0.4 is 10.0 Å². The van der Waals surface area contributed by atoms with Crippen molar-refractivity contribution in [3.63, 3.8) is 0 Å². The van der Waals surface area contributed by atoms with Crippen LogP contribution in [0.25, 0.3) is 0 Å². The number of thiophene rings is 1.